The summed E-state index contributed by atoms with van der Waals surface area (Å²) in [5.41, 5.74) is 0.803. The minimum Gasteiger partial charge on any atom is -0.494 e. The third-order valence-electron chi connectivity index (χ3n) is 5.23. The molecule has 1 saturated carbocycles. The molecule has 1 heterocycles. The molecule has 5 nitrogen and oxygen atoms in total. The second-order valence-electron chi connectivity index (χ2n) is 6.58. The minimum absolute atomic E-state index is 0.152. The van der Waals surface area contributed by atoms with E-state index in [1.807, 2.05) is 31.2 Å². The van der Waals surface area contributed by atoms with Gasteiger partial charge in [0.15, 0.2) is 0 Å². The summed E-state index contributed by atoms with van der Waals surface area (Å²) in [7, 11) is 0. The first kappa shape index (κ1) is 15.1. The summed E-state index contributed by atoms with van der Waals surface area (Å²) < 4.78 is 5.46. The summed E-state index contributed by atoms with van der Waals surface area (Å²) in [6.45, 7) is 2.51. The predicted octanol–water partition coefficient (Wildman–Crippen LogP) is 2.62. The lowest BCUT2D eigenvalue weighted by Gasteiger charge is -2.37. The Hall–Kier alpha value is -2.43. The molecule has 1 aliphatic heterocycles. The highest BCUT2D eigenvalue weighted by Gasteiger charge is 2.56. The van der Waals surface area contributed by atoms with Crippen LogP contribution in [0.2, 0.25) is 0 Å². The van der Waals surface area contributed by atoms with Crippen molar-refractivity contribution >= 4 is 18.0 Å². The van der Waals surface area contributed by atoms with E-state index in [0.717, 1.165) is 29.2 Å². The normalized spacial score (nSPS) is 31.1. The van der Waals surface area contributed by atoms with Crippen LogP contribution in [0.5, 0.6) is 5.75 Å². The van der Waals surface area contributed by atoms with Crippen molar-refractivity contribution in [1.29, 1.82) is 0 Å². The highest BCUT2D eigenvalue weighted by molar-refractivity contribution is 6.06. The van der Waals surface area contributed by atoms with Crippen molar-refractivity contribution in [3.8, 4) is 5.75 Å². The van der Waals surface area contributed by atoms with Gasteiger partial charge in [0.05, 0.1) is 24.7 Å². The maximum Gasteiger partial charge on any atom is 0.254 e. The average Bonchev–Trinajstić information content (AvgIpc) is 2.88. The van der Waals surface area contributed by atoms with E-state index in [9.17, 15) is 9.59 Å². The second-order valence-corrected chi connectivity index (χ2v) is 6.58. The molecule has 0 unspecified atom stereocenters. The molecule has 5 heteroatoms. The average molecular weight is 324 g/mol. The van der Waals surface area contributed by atoms with Crippen LogP contribution < -0.4 is 4.74 Å². The fourth-order valence-corrected chi connectivity index (χ4v) is 4.15. The molecule has 4 atom stereocenters. The van der Waals surface area contributed by atoms with E-state index in [0.29, 0.717) is 6.61 Å². The smallest absolute Gasteiger partial charge is 0.254 e. The number of allylic oxidation sites excluding steroid dienone is 2. The number of hydrogen-bond acceptors (Lipinski definition) is 4. The van der Waals surface area contributed by atoms with Crippen molar-refractivity contribution in [2.24, 2.45) is 28.8 Å². The molecule has 2 fully saturated rings. The number of nitrogens with zero attached hydrogens (tertiary/aromatic N) is 2. The van der Waals surface area contributed by atoms with Crippen LogP contribution in [0.25, 0.3) is 0 Å². The lowest BCUT2D eigenvalue weighted by molar-refractivity contribution is -0.140. The molecule has 0 aromatic heterocycles. The van der Waals surface area contributed by atoms with Gasteiger partial charge in [-0.05, 0) is 49.3 Å². The monoisotopic (exact) mass is 324 g/mol. The summed E-state index contributed by atoms with van der Waals surface area (Å²) >= 11 is 0. The van der Waals surface area contributed by atoms with Gasteiger partial charge < -0.3 is 4.74 Å². The van der Waals surface area contributed by atoms with E-state index in [-0.39, 0.29) is 35.5 Å². The first-order valence-corrected chi connectivity index (χ1v) is 8.52. The van der Waals surface area contributed by atoms with Crippen LogP contribution in [0.4, 0.5) is 0 Å². The highest BCUT2D eigenvalue weighted by atomic mass is 16.5. The molecule has 1 saturated heterocycles. The molecule has 3 aliphatic carbocycles. The molecule has 2 bridgehead atoms. The zero-order valence-electron chi connectivity index (χ0n) is 13.6. The van der Waals surface area contributed by atoms with Gasteiger partial charge in [0.2, 0.25) is 0 Å². The number of rotatable bonds is 4. The van der Waals surface area contributed by atoms with E-state index in [2.05, 4.69) is 17.3 Å². The third-order valence-corrected chi connectivity index (χ3v) is 5.23. The lowest BCUT2D eigenvalue weighted by atomic mass is 9.63. The van der Waals surface area contributed by atoms with E-state index >= 15 is 0 Å². The SMILES string of the molecule is CCOc1cccc(/C=N\N2C(=O)[C@@H]3[C@@H](C2=O)[C@H]2C=C[C@H]3CC2)c1. The van der Waals surface area contributed by atoms with Crippen molar-refractivity contribution < 1.29 is 14.3 Å². The van der Waals surface area contributed by atoms with E-state index in [4.69, 9.17) is 4.74 Å². The predicted molar refractivity (Wildman–Crippen MR) is 89.4 cm³/mol. The lowest BCUT2D eigenvalue weighted by Crippen LogP contribution is -2.38. The number of amides is 2. The fraction of sp³-hybridized carbons (Fsp3) is 0.421. The van der Waals surface area contributed by atoms with Gasteiger partial charge in [0, 0.05) is 0 Å². The number of carbonyl (C=O) groups excluding carboxylic acids is 2. The molecule has 1 aromatic carbocycles. The van der Waals surface area contributed by atoms with Gasteiger partial charge >= 0.3 is 0 Å². The van der Waals surface area contributed by atoms with Crippen LogP contribution in [0.3, 0.4) is 0 Å². The quantitative estimate of drug-likeness (QED) is 0.486. The van der Waals surface area contributed by atoms with Gasteiger partial charge in [0.1, 0.15) is 5.75 Å². The maximum atomic E-state index is 12.7. The minimum atomic E-state index is -0.215. The Labute approximate surface area is 141 Å². The Bertz CT molecular complexity index is 708. The highest BCUT2D eigenvalue weighted by Crippen LogP contribution is 2.49. The molecule has 1 aromatic rings. The fourth-order valence-electron chi connectivity index (χ4n) is 4.15. The Morgan fingerprint density at radius 2 is 1.83 bits per heavy atom. The van der Waals surface area contributed by atoms with Crippen LogP contribution in [0.1, 0.15) is 25.3 Å². The van der Waals surface area contributed by atoms with Crippen LogP contribution >= 0.6 is 0 Å². The summed E-state index contributed by atoms with van der Waals surface area (Å²) in [6, 6.07) is 7.44. The van der Waals surface area contributed by atoms with Gasteiger partial charge in [-0.3, -0.25) is 9.59 Å². The number of hydrogen-bond donors (Lipinski definition) is 0. The van der Waals surface area contributed by atoms with Gasteiger partial charge in [-0.15, -0.1) is 0 Å². The summed E-state index contributed by atoms with van der Waals surface area (Å²) in [5.74, 6) is 0.399. The number of benzene rings is 1. The van der Waals surface area contributed by atoms with Crippen LogP contribution in [-0.2, 0) is 9.59 Å². The molecule has 0 N–H and O–H groups in total. The first-order valence-electron chi connectivity index (χ1n) is 8.52. The van der Waals surface area contributed by atoms with Crippen molar-refractivity contribution in [3.05, 3.63) is 42.0 Å². The molecular formula is C19H20N2O3. The maximum absolute atomic E-state index is 12.7. The molecule has 5 rings (SSSR count). The van der Waals surface area contributed by atoms with Crippen molar-refractivity contribution in [2.75, 3.05) is 6.61 Å². The number of ether oxygens (including phenoxy) is 1. The molecule has 4 aliphatic rings. The van der Waals surface area contributed by atoms with Gasteiger partial charge in [-0.1, -0.05) is 24.3 Å². The Morgan fingerprint density at radius 1 is 1.17 bits per heavy atom. The van der Waals surface area contributed by atoms with Gasteiger partial charge in [0.25, 0.3) is 11.8 Å². The number of imide groups is 1. The van der Waals surface area contributed by atoms with Crippen molar-refractivity contribution in [3.63, 3.8) is 0 Å². The number of hydrazone groups is 1. The first-order chi connectivity index (χ1) is 11.7. The number of carbonyl (C=O) groups is 2. The second kappa shape index (κ2) is 5.89. The Kier molecular flexibility index (Phi) is 3.71. The largest absolute Gasteiger partial charge is 0.494 e. The Balaban J connectivity index is 1.56. The zero-order valence-corrected chi connectivity index (χ0v) is 13.6. The molecule has 0 spiro atoms. The molecular weight excluding hydrogens is 304 g/mol. The van der Waals surface area contributed by atoms with Crippen LogP contribution in [0.15, 0.2) is 41.5 Å². The van der Waals surface area contributed by atoms with Crippen molar-refractivity contribution in [2.45, 2.75) is 19.8 Å². The molecule has 0 radical (unpaired) electrons. The van der Waals surface area contributed by atoms with E-state index < -0.39 is 0 Å². The zero-order chi connectivity index (χ0) is 16.7. The van der Waals surface area contributed by atoms with Crippen molar-refractivity contribution in [1.82, 2.24) is 5.01 Å². The Morgan fingerprint density at radius 3 is 2.42 bits per heavy atom. The van der Waals surface area contributed by atoms with E-state index in [1.165, 1.54) is 0 Å². The van der Waals surface area contributed by atoms with Crippen LogP contribution in [0, 0.1) is 23.7 Å². The molecule has 124 valence electrons. The van der Waals surface area contributed by atoms with Gasteiger partial charge in [-0.2, -0.15) is 10.1 Å². The van der Waals surface area contributed by atoms with E-state index in [1.54, 1.807) is 6.21 Å². The summed E-state index contributed by atoms with van der Waals surface area (Å²) in [4.78, 5) is 25.3. The topological polar surface area (TPSA) is 59.0 Å². The molecule has 2 amide bonds. The standard InChI is InChI=1S/C19H20N2O3/c1-2-24-15-5-3-4-12(10-15)11-20-21-18(22)16-13-6-7-14(9-8-13)17(16)19(21)23/h3-7,10-11,13-14,16-17H,2,8-9H2,1H3/b20-11-/t13-,14-,16-,17-/m0/s1. The number of fused-ring (bicyclic) bond motifs is 1. The molecule has 24 heavy (non-hydrogen) atoms. The van der Waals surface area contributed by atoms with Crippen LogP contribution in [-0.4, -0.2) is 29.6 Å². The third kappa shape index (κ3) is 2.35. The summed E-state index contributed by atoms with van der Waals surface area (Å²) in [5, 5.41) is 5.29. The summed E-state index contributed by atoms with van der Waals surface area (Å²) in [6.07, 6.45) is 7.77. The van der Waals surface area contributed by atoms with Gasteiger partial charge in [-0.25, -0.2) is 0 Å².